The molecule has 1 heterocycles. The molecule has 0 aromatic heterocycles. The number of amides is 1. The molecule has 1 aliphatic carbocycles. The number of hydrogen-bond acceptors (Lipinski definition) is 3. The highest BCUT2D eigenvalue weighted by Gasteiger charge is 2.33. The van der Waals surface area contributed by atoms with E-state index in [1.807, 2.05) is 18.2 Å². The molecule has 162 valence electrons. The first kappa shape index (κ1) is 23.9. The summed E-state index contributed by atoms with van der Waals surface area (Å²) in [7, 11) is 1.80. The molecule has 1 aliphatic heterocycles. The molecule has 1 aromatic rings. The molecular formula is C22H35IN4O2. The van der Waals surface area contributed by atoms with E-state index >= 15 is 0 Å². The molecule has 0 spiro atoms. The van der Waals surface area contributed by atoms with Crippen molar-refractivity contribution in [1.82, 2.24) is 10.6 Å². The molecule has 2 aliphatic rings. The summed E-state index contributed by atoms with van der Waals surface area (Å²) in [6.07, 6.45) is 6.70. The first-order valence-corrected chi connectivity index (χ1v) is 10.6. The lowest BCUT2D eigenvalue weighted by Gasteiger charge is -2.31. The van der Waals surface area contributed by atoms with Crippen molar-refractivity contribution >= 4 is 41.5 Å². The lowest BCUT2D eigenvalue weighted by Crippen LogP contribution is -2.45. The number of aliphatic imine (C=N–C) groups is 1. The highest BCUT2D eigenvalue weighted by Crippen LogP contribution is 2.40. The molecule has 1 amide bonds. The number of fused-ring (bicyclic) bond motifs is 1. The first-order valence-electron chi connectivity index (χ1n) is 10.6. The minimum absolute atomic E-state index is 0. The Balaban J connectivity index is 0.00000300. The van der Waals surface area contributed by atoms with Gasteiger partial charge >= 0.3 is 0 Å². The van der Waals surface area contributed by atoms with Gasteiger partial charge in [-0.2, -0.15) is 0 Å². The van der Waals surface area contributed by atoms with Gasteiger partial charge < -0.3 is 20.7 Å². The monoisotopic (exact) mass is 514 g/mol. The van der Waals surface area contributed by atoms with Crippen LogP contribution in [0.25, 0.3) is 0 Å². The van der Waals surface area contributed by atoms with E-state index in [0.29, 0.717) is 18.4 Å². The number of anilines is 1. The smallest absolute Gasteiger partial charge is 0.225 e. The zero-order chi connectivity index (χ0) is 19.8. The van der Waals surface area contributed by atoms with Crippen LogP contribution >= 0.6 is 24.0 Å². The standard InChI is InChI=1S/C22H34N4O2.HI/c1-3-28-13-12-22(10-6-7-11-22)16-25-21(23-2)24-15-17-14-20(27)26-19-9-5-4-8-18(17)19;/h4-5,8-9,17H,3,6-7,10-16H2,1-2H3,(H,26,27)(H2,23,24,25);1H. The third kappa shape index (κ3) is 6.57. The molecule has 0 radical (unpaired) electrons. The molecule has 1 fully saturated rings. The molecule has 3 N–H and O–H groups in total. The van der Waals surface area contributed by atoms with E-state index < -0.39 is 0 Å². The van der Waals surface area contributed by atoms with Gasteiger partial charge in [0.1, 0.15) is 0 Å². The van der Waals surface area contributed by atoms with Crippen LogP contribution in [0.3, 0.4) is 0 Å². The predicted octanol–water partition coefficient (Wildman–Crippen LogP) is 3.88. The van der Waals surface area contributed by atoms with Gasteiger partial charge in [0.25, 0.3) is 0 Å². The van der Waals surface area contributed by atoms with Gasteiger partial charge in [-0.15, -0.1) is 24.0 Å². The third-order valence-corrected chi connectivity index (χ3v) is 6.12. The SMILES string of the molecule is CCOCCC1(CNC(=NC)NCC2CC(=O)Nc3ccccc32)CCCC1.I. The normalized spacial score (nSPS) is 20.4. The second-order valence-corrected chi connectivity index (χ2v) is 8.00. The van der Waals surface area contributed by atoms with Gasteiger partial charge in [-0.05, 0) is 43.2 Å². The summed E-state index contributed by atoms with van der Waals surface area (Å²) in [4.78, 5) is 16.4. The van der Waals surface area contributed by atoms with Crippen molar-refractivity contribution < 1.29 is 9.53 Å². The molecule has 1 aromatic carbocycles. The lowest BCUT2D eigenvalue weighted by atomic mass is 9.83. The van der Waals surface area contributed by atoms with Gasteiger partial charge in [-0.25, -0.2) is 0 Å². The first-order chi connectivity index (χ1) is 13.7. The molecule has 3 rings (SSSR count). The molecule has 1 saturated carbocycles. The number of ether oxygens (including phenoxy) is 1. The van der Waals surface area contributed by atoms with E-state index in [0.717, 1.165) is 37.8 Å². The van der Waals surface area contributed by atoms with E-state index in [9.17, 15) is 4.79 Å². The topological polar surface area (TPSA) is 74.8 Å². The van der Waals surface area contributed by atoms with Crippen molar-refractivity contribution in [2.75, 3.05) is 38.7 Å². The van der Waals surface area contributed by atoms with Crippen LogP contribution in [0.5, 0.6) is 0 Å². The minimum atomic E-state index is 0. The van der Waals surface area contributed by atoms with Crippen LogP contribution in [0.4, 0.5) is 5.69 Å². The van der Waals surface area contributed by atoms with Crippen LogP contribution in [0.1, 0.15) is 56.9 Å². The number of nitrogens with zero attached hydrogens (tertiary/aromatic N) is 1. The minimum Gasteiger partial charge on any atom is -0.382 e. The van der Waals surface area contributed by atoms with Crippen molar-refractivity contribution in [2.24, 2.45) is 10.4 Å². The van der Waals surface area contributed by atoms with E-state index in [4.69, 9.17) is 4.74 Å². The number of carbonyl (C=O) groups excluding carboxylic acids is 1. The summed E-state index contributed by atoms with van der Waals surface area (Å²) in [5.74, 6) is 1.04. The Bertz CT molecular complexity index is 689. The van der Waals surface area contributed by atoms with E-state index in [2.05, 4.69) is 33.9 Å². The second kappa shape index (κ2) is 11.7. The fourth-order valence-corrected chi connectivity index (χ4v) is 4.47. The summed E-state index contributed by atoms with van der Waals surface area (Å²) in [5, 5.41) is 9.93. The average molecular weight is 514 g/mol. The Hall–Kier alpha value is -1.35. The van der Waals surface area contributed by atoms with Crippen LogP contribution in [0.2, 0.25) is 0 Å². The number of hydrogen-bond donors (Lipinski definition) is 3. The van der Waals surface area contributed by atoms with Gasteiger partial charge in [0.2, 0.25) is 5.91 Å². The number of benzene rings is 1. The molecule has 29 heavy (non-hydrogen) atoms. The summed E-state index contributed by atoms with van der Waals surface area (Å²) >= 11 is 0. The number of guanidine groups is 1. The Morgan fingerprint density at radius 1 is 1.28 bits per heavy atom. The number of nitrogens with one attached hydrogen (secondary N) is 3. The van der Waals surface area contributed by atoms with Gasteiger partial charge in [-0.1, -0.05) is 31.0 Å². The molecular weight excluding hydrogens is 479 g/mol. The van der Waals surface area contributed by atoms with E-state index in [1.165, 1.54) is 31.2 Å². The summed E-state index contributed by atoms with van der Waals surface area (Å²) < 4.78 is 5.61. The summed E-state index contributed by atoms with van der Waals surface area (Å²) in [5.41, 5.74) is 2.42. The zero-order valence-electron chi connectivity index (χ0n) is 17.6. The fourth-order valence-electron chi connectivity index (χ4n) is 4.47. The summed E-state index contributed by atoms with van der Waals surface area (Å²) in [6, 6.07) is 8.05. The van der Waals surface area contributed by atoms with Crippen molar-refractivity contribution in [2.45, 2.75) is 51.4 Å². The number of halogens is 1. The lowest BCUT2D eigenvalue weighted by molar-refractivity contribution is -0.116. The molecule has 0 saturated heterocycles. The van der Waals surface area contributed by atoms with Crippen LogP contribution in [-0.4, -0.2) is 45.2 Å². The second-order valence-electron chi connectivity index (χ2n) is 8.00. The van der Waals surface area contributed by atoms with Gasteiger partial charge in [0, 0.05) is 51.4 Å². The van der Waals surface area contributed by atoms with Gasteiger partial charge in [0.15, 0.2) is 5.96 Å². The van der Waals surface area contributed by atoms with Crippen molar-refractivity contribution in [3.05, 3.63) is 29.8 Å². The van der Waals surface area contributed by atoms with Crippen LogP contribution < -0.4 is 16.0 Å². The number of para-hydroxylation sites is 1. The van der Waals surface area contributed by atoms with Gasteiger partial charge in [0.05, 0.1) is 0 Å². The Morgan fingerprint density at radius 3 is 2.76 bits per heavy atom. The number of rotatable bonds is 8. The Kier molecular flexibility index (Phi) is 9.68. The molecule has 1 unspecified atom stereocenters. The van der Waals surface area contributed by atoms with Crippen LogP contribution in [0.15, 0.2) is 29.3 Å². The maximum Gasteiger partial charge on any atom is 0.225 e. The molecule has 6 nitrogen and oxygen atoms in total. The van der Waals surface area contributed by atoms with Crippen molar-refractivity contribution in [3.8, 4) is 0 Å². The van der Waals surface area contributed by atoms with Gasteiger partial charge in [-0.3, -0.25) is 9.79 Å². The quantitative estimate of drug-likeness (QED) is 0.213. The van der Waals surface area contributed by atoms with Crippen molar-refractivity contribution in [1.29, 1.82) is 0 Å². The van der Waals surface area contributed by atoms with E-state index in [-0.39, 0.29) is 35.8 Å². The zero-order valence-corrected chi connectivity index (χ0v) is 20.0. The molecule has 7 heteroatoms. The Morgan fingerprint density at radius 2 is 2.03 bits per heavy atom. The maximum absolute atomic E-state index is 12.0. The predicted molar refractivity (Wildman–Crippen MR) is 129 cm³/mol. The molecule has 0 bridgehead atoms. The third-order valence-electron chi connectivity index (χ3n) is 6.12. The van der Waals surface area contributed by atoms with E-state index in [1.54, 1.807) is 7.05 Å². The average Bonchev–Trinajstić information content (AvgIpc) is 3.17. The maximum atomic E-state index is 12.0. The highest BCUT2D eigenvalue weighted by molar-refractivity contribution is 14.0. The van der Waals surface area contributed by atoms with Crippen LogP contribution in [0, 0.1) is 5.41 Å². The molecule has 1 atom stereocenters. The Labute approximate surface area is 191 Å². The number of carbonyl (C=O) groups is 1. The van der Waals surface area contributed by atoms with Crippen LogP contribution in [-0.2, 0) is 9.53 Å². The highest BCUT2D eigenvalue weighted by atomic mass is 127. The largest absolute Gasteiger partial charge is 0.382 e. The van der Waals surface area contributed by atoms with Crippen molar-refractivity contribution in [3.63, 3.8) is 0 Å². The fraction of sp³-hybridized carbons (Fsp3) is 0.636. The summed E-state index contributed by atoms with van der Waals surface area (Å²) in [6.45, 7) is 5.27.